The standard InChI is InChI=1S/C18H29N3O2/c1-18(2,3)23-17(22)21(5)12-14-8-6-7-9-16(14)19-15-10-11-20(4)13-15/h6-9,15,19H,10-13H2,1-5H3. The SMILES string of the molecule is CN1CCC(Nc2ccccc2CN(C)C(=O)OC(C)(C)C)C1. The zero-order chi connectivity index (χ0) is 17.0. The lowest BCUT2D eigenvalue weighted by Gasteiger charge is -2.26. The van der Waals surface area contributed by atoms with Crippen molar-refractivity contribution < 1.29 is 9.53 Å². The topological polar surface area (TPSA) is 44.8 Å². The van der Waals surface area contributed by atoms with E-state index in [0.29, 0.717) is 12.6 Å². The maximum absolute atomic E-state index is 12.1. The van der Waals surface area contributed by atoms with E-state index in [2.05, 4.69) is 29.4 Å². The van der Waals surface area contributed by atoms with Gasteiger partial charge in [0.2, 0.25) is 0 Å². The van der Waals surface area contributed by atoms with Crippen molar-refractivity contribution in [2.45, 2.75) is 45.4 Å². The van der Waals surface area contributed by atoms with Gasteiger partial charge in [0.05, 0.1) is 6.54 Å². The van der Waals surface area contributed by atoms with Crippen molar-refractivity contribution in [3.8, 4) is 0 Å². The summed E-state index contributed by atoms with van der Waals surface area (Å²) >= 11 is 0. The fourth-order valence-corrected chi connectivity index (χ4v) is 2.73. The molecule has 128 valence electrons. The highest BCUT2D eigenvalue weighted by Gasteiger charge is 2.22. The number of hydrogen-bond acceptors (Lipinski definition) is 4. The van der Waals surface area contributed by atoms with Crippen LogP contribution in [-0.2, 0) is 11.3 Å². The average Bonchev–Trinajstić information content (AvgIpc) is 2.84. The van der Waals surface area contributed by atoms with Crippen LogP contribution in [0.2, 0.25) is 0 Å². The van der Waals surface area contributed by atoms with Crippen LogP contribution in [0.25, 0.3) is 0 Å². The molecule has 1 aromatic rings. The molecule has 23 heavy (non-hydrogen) atoms. The number of hydrogen-bond donors (Lipinski definition) is 1. The molecule has 5 heteroatoms. The molecule has 0 bridgehead atoms. The van der Waals surface area contributed by atoms with Crippen LogP contribution in [0, 0.1) is 0 Å². The van der Waals surface area contributed by atoms with Crippen LogP contribution in [-0.4, -0.2) is 54.7 Å². The fourth-order valence-electron chi connectivity index (χ4n) is 2.73. The van der Waals surface area contributed by atoms with Gasteiger partial charge in [0, 0.05) is 25.3 Å². The molecule has 1 N–H and O–H groups in total. The van der Waals surface area contributed by atoms with E-state index in [1.807, 2.05) is 32.9 Å². The summed E-state index contributed by atoms with van der Waals surface area (Å²) in [5.74, 6) is 0. The number of amides is 1. The minimum Gasteiger partial charge on any atom is -0.444 e. The molecule has 1 amide bonds. The van der Waals surface area contributed by atoms with Gasteiger partial charge in [-0.3, -0.25) is 0 Å². The van der Waals surface area contributed by atoms with Crippen molar-refractivity contribution in [2.24, 2.45) is 0 Å². The van der Waals surface area contributed by atoms with Gasteiger partial charge in [0.15, 0.2) is 0 Å². The minimum atomic E-state index is -0.475. The Bertz CT molecular complexity index is 539. The number of carbonyl (C=O) groups excluding carboxylic acids is 1. The molecule has 1 heterocycles. The molecule has 1 aromatic carbocycles. The van der Waals surface area contributed by atoms with E-state index in [-0.39, 0.29) is 6.09 Å². The number of para-hydroxylation sites is 1. The quantitative estimate of drug-likeness (QED) is 0.926. The number of anilines is 1. The maximum Gasteiger partial charge on any atom is 0.410 e. The van der Waals surface area contributed by atoms with Crippen LogP contribution in [0.15, 0.2) is 24.3 Å². The molecule has 1 aliphatic heterocycles. The molecule has 2 rings (SSSR count). The molecule has 1 unspecified atom stereocenters. The molecule has 0 saturated carbocycles. The second-order valence-corrected chi connectivity index (χ2v) is 7.39. The molecular weight excluding hydrogens is 290 g/mol. The Morgan fingerprint density at radius 3 is 2.70 bits per heavy atom. The summed E-state index contributed by atoms with van der Waals surface area (Å²) in [4.78, 5) is 16.1. The lowest BCUT2D eigenvalue weighted by Crippen LogP contribution is -2.34. The van der Waals surface area contributed by atoms with E-state index >= 15 is 0 Å². The molecule has 1 saturated heterocycles. The molecule has 0 spiro atoms. The third-order valence-electron chi connectivity index (χ3n) is 3.88. The van der Waals surface area contributed by atoms with Gasteiger partial charge >= 0.3 is 6.09 Å². The van der Waals surface area contributed by atoms with Gasteiger partial charge in [-0.1, -0.05) is 18.2 Å². The lowest BCUT2D eigenvalue weighted by atomic mass is 10.1. The molecule has 1 aliphatic rings. The first-order chi connectivity index (χ1) is 10.7. The summed E-state index contributed by atoms with van der Waals surface area (Å²) in [5, 5.41) is 3.61. The number of benzene rings is 1. The van der Waals surface area contributed by atoms with Gasteiger partial charge in [-0.15, -0.1) is 0 Å². The largest absolute Gasteiger partial charge is 0.444 e. The van der Waals surface area contributed by atoms with Gasteiger partial charge in [-0.25, -0.2) is 4.79 Å². The number of nitrogens with zero attached hydrogens (tertiary/aromatic N) is 2. The van der Waals surface area contributed by atoms with Crippen LogP contribution in [0.1, 0.15) is 32.8 Å². The van der Waals surface area contributed by atoms with E-state index in [1.54, 1.807) is 11.9 Å². The van der Waals surface area contributed by atoms with Crippen molar-refractivity contribution in [3.63, 3.8) is 0 Å². The van der Waals surface area contributed by atoms with E-state index in [0.717, 1.165) is 30.8 Å². The lowest BCUT2D eigenvalue weighted by molar-refractivity contribution is 0.0285. The van der Waals surface area contributed by atoms with Crippen molar-refractivity contribution in [2.75, 3.05) is 32.5 Å². The third kappa shape index (κ3) is 5.43. The zero-order valence-electron chi connectivity index (χ0n) is 14.9. The summed E-state index contributed by atoms with van der Waals surface area (Å²) in [6.07, 6.45) is 0.847. The highest BCUT2D eigenvalue weighted by Crippen LogP contribution is 2.21. The first-order valence-corrected chi connectivity index (χ1v) is 8.22. The van der Waals surface area contributed by atoms with Crippen LogP contribution in [0.3, 0.4) is 0 Å². The van der Waals surface area contributed by atoms with Crippen LogP contribution >= 0.6 is 0 Å². The van der Waals surface area contributed by atoms with Crippen molar-refractivity contribution in [1.82, 2.24) is 9.80 Å². The van der Waals surface area contributed by atoms with Crippen molar-refractivity contribution >= 4 is 11.8 Å². The maximum atomic E-state index is 12.1. The number of likely N-dealkylation sites (N-methyl/N-ethyl adjacent to an activating group) is 1. The van der Waals surface area contributed by atoms with Crippen molar-refractivity contribution in [1.29, 1.82) is 0 Å². The average molecular weight is 319 g/mol. The zero-order valence-corrected chi connectivity index (χ0v) is 14.9. The molecule has 1 fully saturated rings. The Balaban J connectivity index is 2.01. The van der Waals surface area contributed by atoms with Gasteiger partial charge in [0.25, 0.3) is 0 Å². The van der Waals surface area contributed by atoms with E-state index < -0.39 is 5.60 Å². The first-order valence-electron chi connectivity index (χ1n) is 8.22. The summed E-state index contributed by atoms with van der Waals surface area (Å²) in [7, 11) is 3.91. The molecule has 0 aliphatic carbocycles. The summed E-state index contributed by atoms with van der Waals surface area (Å²) in [6.45, 7) is 8.34. The van der Waals surface area contributed by atoms with E-state index in [1.165, 1.54) is 0 Å². The molecule has 5 nitrogen and oxygen atoms in total. The highest BCUT2D eigenvalue weighted by molar-refractivity contribution is 5.68. The van der Waals surface area contributed by atoms with Crippen LogP contribution in [0.5, 0.6) is 0 Å². The van der Waals surface area contributed by atoms with Gasteiger partial charge in [0.1, 0.15) is 5.60 Å². The van der Waals surface area contributed by atoms with Gasteiger partial charge < -0.3 is 19.9 Å². The van der Waals surface area contributed by atoms with Crippen LogP contribution in [0.4, 0.5) is 10.5 Å². The number of ether oxygens (including phenoxy) is 1. The molecular formula is C18H29N3O2. The summed E-state index contributed by atoms with van der Waals surface area (Å²) in [6, 6.07) is 8.63. The second-order valence-electron chi connectivity index (χ2n) is 7.39. The Hall–Kier alpha value is -1.75. The van der Waals surface area contributed by atoms with E-state index in [9.17, 15) is 4.79 Å². The molecule has 1 atom stereocenters. The Morgan fingerprint density at radius 1 is 1.39 bits per heavy atom. The fraction of sp³-hybridized carbons (Fsp3) is 0.611. The second kappa shape index (κ2) is 7.21. The van der Waals surface area contributed by atoms with E-state index in [4.69, 9.17) is 4.74 Å². The van der Waals surface area contributed by atoms with Gasteiger partial charge in [-0.2, -0.15) is 0 Å². The predicted octanol–water partition coefficient (Wildman–Crippen LogP) is 3.17. The van der Waals surface area contributed by atoms with Gasteiger partial charge in [-0.05, 0) is 52.4 Å². The first kappa shape index (κ1) is 17.6. The molecule has 0 aromatic heterocycles. The Labute approximate surface area is 139 Å². The number of carbonyl (C=O) groups is 1. The Kier molecular flexibility index (Phi) is 5.52. The monoisotopic (exact) mass is 319 g/mol. The number of nitrogens with one attached hydrogen (secondary N) is 1. The predicted molar refractivity (Wildman–Crippen MR) is 93.7 cm³/mol. The summed E-state index contributed by atoms with van der Waals surface area (Å²) in [5.41, 5.74) is 1.73. The normalized spacial score (nSPS) is 18.7. The minimum absolute atomic E-state index is 0.298. The smallest absolute Gasteiger partial charge is 0.410 e. The number of likely N-dealkylation sites (tertiary alicyclic amines) is 1. The highest BCUT2D eigenvalue weighted by atomic mass is 16.6. The third-order valence-corrected chi connectivity index (χ3v) is 3.88. The number of rotatable bonds is 4. The van der Waals surface area contributed by atoms with Crippen LogP contribution < -0.4 is 5.32 Å². The Morgan fingerprint density at radius 2 is 2.09 bits per heavy atom. The molecule has 0 radical (unpaired) electrons. The summed E-state index contributed by atoms with van der Waals surface area (Å²) < 4.78 is 5.42. The van der Waals surface area contributed by atoms with Crippen molar-refractivity contribution in [3.05, 3.63) is 29.8 Å².